The molecule has 1 aliphatic heterocycles. The van der Waals surface area contributed by atoms with Crippen molar-refractivity contribution >= 4 is 5.91 Å². The third-order valence-electron chi connectivity index (χ3n) is 4.55. The molecule has 0 radical (unpaired) electrons. The predicted octanol–water partition coefficient (Wildman–Crippen LogP) is 0.810. The molecule has 1 aliphatic rings. The van der Waals surface area contributed by atoms with Crippen molar-refractivity contribution in [1.29, 1.82) is 0 Å². The molecule has 2 aromatic rings. The van der Waals surface area contributed by atoms with E-state index in [2.05, 4.69) is 20.3 Å². The van der Waals surface area contributed by atoms with E-state index in [0.717, 1.165) is 23.8 Å². The molecule has 2 atom stereocenters. The molecule has 3 rings (SSSR count). The Morgan fingerprint density at radius 3 is 3.04 bits per heavy atom. The van der Waals surface area contributed by atoms with Crippen LogP contribution in [0.3, 0.4) is 0 Å². The quantitative estimate of drug-likeness (QED) is 0.845. The molecule has 2 aromatic heterocycles. The number of aromatic nitrogens is 5. The van der Waals surface area contributed by atoms with Crippen molar-refractivity contribution in [2.24, 2.45) is 7.05 Å². The lowest BCUT2D eigenvalue weighted by molar-refractivity contribution is -0.131. The largest absolute Gasteiger partial charge is 0.376 e. The molecule has 0 spiro atoms. The Bertz CT molecular complexity index is 694. The van der Waals surface area contributed by atoms with Gasteiger partial charge in [0.05, 0.1) is 12.0 Å². The summed E-state index contributed by atoms with van der Waals surface area (Å²) in [6.07, 6.45) is 3.74. The van der Waals surface area contributed by atoms with Gasteiger partial charge in [0.1, 0.15) is 5.82 Å². The summed E-state index contributed by atoms with van der Waals surface area (Å²) in [4.78, 5) is 18.6. The number of hydrogen-bond acceptors (Lipinski definition) is 5. The molecule has 130 valence electrons. The third-order valence-corrected chi connectivity index (χ3v) is 4.55. The van der Waals surface area contributed by atoms with Crippen LogP contribution in [0.1, 0.15) is 36.1 Å². The maximum atomic E-state index is 12.4. The average molecular weight is 332 g/mol. The molecule has 0 aliphatic carbocycles. The fourth-order valence-electron chi connectivity index (χ4n) is 3.09. The first-order valence-corrected chi connectivity index (χ1v) is 8.26. The number of H-pyrrole nitrogens is 1. The van der Waals surface area contributed by atoms with E-state index in [1.165, 1.54) is 0 Å². The second-order valence-corrected chi connectivity index (χ2v) is 6.30. The van der Waals surface area contributed by atoms with E-state index in [1.807, 2.05) is 27.1 Å². The van der Waals surface area contributed by atoms with Crippen molar-refractivity contribution in [3.8, 4) is 0 Å². The van der Waals surface area contributed by atoms with E-state index in [4.69, 9.17) is 4.74 Å². The van der Waals surface area contributed by atoms with Crippen LogP contribution in [0.15, 0.2) is 12.3 Å². The lowest BCUT2D eigenvalue weighted by atomic mass is 10.0. The topological polar surface area (TPSA) is 88.9 Å². The minimum Gasteiger partial charge on any atom is -0.376 e. The van der Waals surface area contributed by atoms with Crippen LogP contribution in [-0.4, -0.2) is 62.1 Å². The molecule has 1 N–H and O–H groups in total. The number of aromatic amines is 1. The lowest BCUT2D eigenvalue weighted by Gasteiger charge is -2.23. The summed E-state index contributed by atoms with van der Waals surface area (Å²) in [5, 5.41) is 11.3. The van der Waals surface area contributed by atoms with E-state index in [1.54, 1.807) is 15.8 Å². The van der Waals surface area contributed by atoms with Crippen LogP contribution in [0.4, 0.5) is 0 Å². The zero-order valence-corrected chi connectivity index (χ0v) is 14.4. The van der Waals surface area contributed by atoms with Gasteiger partial charge in [0.25, 0.3) is 0 Å². The first-order valence-electron chi connectivity index (χ1n) is 8.26. The molecule has 0 saturated carbocycles. The fraction of sp³-hybridized carbons (Fsp3) is 0.625. The smallest absolute Gasteiger partial charge is 0.222 e. The monoisotopic (exact) mass is 332 g/mol. The maximum absolute atomic E-state index is 12.4. The molecule has 0 aromatic carbocycles. The van der Waals surface area contributed by atoms with Gasteiger partial charge in [0.2, 0.25) is 5.91 Å². The van der Waals surface area contributed by atoms with Crippen molar-refractivity contribution in [3.63, 3.8) is 0 Å². The molecule has 24 heavy (non-hydrogen) atoms. The number of carbonyl (C=O) groups excluding carboxylic acids is 1. The number of carbonyl (C=O) groups is 1. The number of hydrogen-bond donors (Lipinski definition) is 1. The van der Waals surface area contributed by atoms with Crippen molar-refractivity contribution in [3.05, 3.63) is 29.6 Å². The van der Waals surface area contributed by atoms with Crippen molar-refractivity contribution < 1.29 is 9.53 Å². The Balaban J connectivity index is 1.54. The third kappa shape index (κ3) is 3.64. The highest BCUT2D eigenvalue weighted by molar-refractivity contribution is 5.76. The molecule has 8 heteroatoms. The van der Waals surface area contributed by atoms with Crippen LogP contribution in [0.2, 0.25) is 0 Å². The first kappa shape index (κ1) is 16.6. The molecule has 1 saturated heterocycles. The number of ether oxygens (including phenoxy) is 1. The Morgan fingerprint density at radius 2 is 2.38 bits per heavy atom. The van der Waals surface area contributed by atoms with Gasteiger partial charge < -0.3 is 9.64 Å². The van der Waals surface area contributed by atoms with Gasteiger partial charge in [-0.1, -0.05) is 0 Å². The number of nitrogens with zero attached hydrogens (tertiary/aromatic N) is 5. The first-order chi connectivity index (χ1) is 11.5. The number of aryl methyl sites for hydroxylation is 3. The molecule has 0 bridgehead atoms. The number of rotatable bonds is 6. The van der Waals surface area contributed by atoms with Crippen molar-refractivity contribution in [2.45, 2.75) is 38.2 Å². The van der Waals surface area contributed by atoms with Crippen LogP contribution in [0.25, 0.3) is 0 Å². The predicted molar refractivity (Wildman–Crippen MR) is 87.4 cm³/mol. The summed E-state index contributed by atoms with van der Waals surface area (Å²) in [6.45, 7) is 3.12. The maximum Gasteiger partial charge on any atom is 0.222 e. The van der Waals surface area contributed by atoms with Crippen LogP contribution < -0.4 is 0 Å². The number of likely N-dealkylation sites (N-methyl/N-ethyl adjacent to an activating group) is 1. The van der Waals surface area contributed by atoms with Crippen LogP contribution in [0.5, 0.6) is 0 Å². The molecule has 1 amide bonds. The van der Waals surface area contributed by atoms with Gasteiger partial charge in [-0.2, -0.15) is 10.2 Å². The van der Waals surface area contributed by atoms with Gasteiger partial charge >= 0.3 is 0 Å². The number of amides is 1. The van der Waals surface area contributed by atoms with E-state index >= 15 is 0 Å². The van der Waals surface area contributed by atoms with E-state index < -0.39 is 0 Å². The summed E-state index contributed by atoms with van der Waals surface area (Å²) in [5.41, 5.74) is 1.06. The highest BCUT2D eigenvalue weighted by Crippen LogP contribution is 2.29. The summed E-state index contributed by atoms with van der Waals surface area (Å²) in [7, 11) is 3.72. The van der Waals surface area contributed by atoms with Gasteiger partial charge in [-0.05, 0) is 25.8 Å². The van der Waals surface area contributed by atoms with Crippen molar-refractivity contribution in [1.82, 2.24) is 29.9 Å². The standard InChI is InChI=1S/C16H24N6O2/c1-11-18-16(20-19-11)13-7-9-24-14(13)10-21(2)15(23)5-4-12-6-8-17-22(12)3/h6,8,13-14H,4-5,7,9-10H2,1-3H3,(H,18,19,20)/t13-,14-/m1/s1. The summed E-state index contributed by atoms with van der Waals surface area (Å²) >= 11 is 0. The Labute approximate surface area is 141 Å². The SMILES string of the molecule is Cc1nc([C@@H]2CCO[C@@H]2CN(C)C(=O)CCc2ccnn2C)n[nH]1. The normalized spacial score (nSPS) is 20.5. The van der Waals surface area contributed by atoms with Crippen LogP contribution >= 0.6 is 0 Å². The average Bonchev–Trinajstić information content (AvgIpc) is 3.26. The van der Waals surface area contributed by atoms with E-state index in [-0.39, 0.29) is 17.9 Å². The summed E-state index contributed by atoms with van der Waals surface area (Å²) in [5.74, 6) is 1.83. The molecule has 0 unspecified atom stereocenters. The second-order valence-electron chi connectivity index (χ2n) is 6.30. The minimum absolute atomic E-state index is 0.0501. The van der Waals surface area contributed by atoms with Crippen molar-refractivity contribution in [2.75, 3.05) is 20.2 Å². The molecule has 8 nitrogen and oxygen atoms in total. The van der Waals surface area contributed by atoms with Crippen LogP contribution in [0, 0.1) is 6.92 Å². The Kier molecular flexibility index (Phi) is 4.94. The minimum atomic E-state index is -0.0501. The summed E-state index contributed by atoms with van der Waals surface area (Å²) in [6, 6.07) is 1.94. The highest BCUT2D eigenvalue weighted by Gasteiger charge is 2.34. The zero-order chi connectivity index (χ0) is 17.1. The van der Waals surface area contributed by atoms with Gasteiger partial charge in [-0.25, -0.2) is 4.98 Å². The molecule has 3 heterocycles. The van der Waals surface area contributed by atoms with Gasteiger partial charge in [-0.15, -0.1) is 0 Å². The number of nitrogens with one attached hydrogen (secondary N) is 1. The lowest BCUT2D eigenvalue weighted by Crippen LogP contribution is -2.36. The van der Waals surface area contributed by atoms with E-state index in [0.29, 0.717) is 26.0 Å². The van der Waals surface area contributed by atoms with Gasteiger partial charge in [-0.3, -0.25) is 14.6 Å². The Morgan fingerprint density at radius 1 is 1.54 bits per heavy atom. The Hall–Kier alpha value is -2.22. The zero-order valence-electron chi connectivity index (χ0n) is 14.4. The van der Waals surface area contributed by atoms with Crippen LogP contribution in [-0.2, 0) is 23.0 Å². The fourth-order valence-corrected chi connectivity index (χ4v) is 3.09. The second kappa shape index (κ2) is 7.12. The van der Waals surface area contributed by atoms with Gasteiger partial charge in [0.15, 0.2) is 5.82 Å². The summed E-state index contributed by atoms with van der Waals surface area (Å²) < 4.78 is 7.62. The molecular formula is C16H24N6O2. The van der Waals surface area contributed by atoms with E-state index in [9.17, 15) is 4.79 Å². The molecular weight excluding hydrogens is 308 g/mol. The van der Waals surface area contributed by atoms with Gasteiger partial charge in [0, 0.05) is 45.6 Å². The highest BCUT2D eigenvalue weighted by atomic mass is 16.5. The molecule has 1 fully saturated rings.